The van der Waals surface area contributed by atoms with Crippen LogP contribution in [-0.4, -0.2) is 38.2 Å². The first-order chi connectivity index (χ1) is 13.2. The van der Waals surface area contributed by atoms with Crippen LogP contribution in [0.3, 0.4) is 0 Å². The van der Waals surface area contributed by atoms with Crippen molar-refractivity contribution < 1.29 is 17.9 Å². The largest absolute Gasteiger partial charge is 0.488 e. The van der Waals surface area contributed by atoms with Gasteiger partial charge in [-0.1, -0.05) is 25.0 Å². The molecule has 0 spiro atoms. The molecule has 3 rings (SSSR count). The van der Waals surface area contributed by atoms with Crippen molar-refractivity contribution in [2.45, 2.75) is 76.6 Å². The van der Waals surface area contributed by atoms with E-state index in [0.717, 1.165) is 56.8 Å². The summed E-state index contributed by atoms with van der Waals surface area (Å²) < 4.78 is 35.5. The van der Waals surface area contributed by atoms with Gasteiger partial charge in [0.1, 0.15) is 11.9 Å². The summed E-state index contributed by atoms with van der Waals surface area (Å²) in [5.41, 5.74) is 1.35. The molecule has 1 unspecified atom stereocenters. The van der Waals surface area contributed by atoms with E-state index in [4.69, 9.17) is 9.47 Å². The zero-order valence-corrected chi connectivity index (χ0v) is 18.5. The van der Waals surface area contributed by atoms with Gasteiger partial charge in [0, 0.05) is 6.42 Å². The normalized spacial score (nSPS) is 26.3. The van der Waals surface area contributed by atoms with E-state index in [9.17, 15) is 8.42 Å². The van der Waals surface area contributed by atoms with Gasteiger partial charge < -0.3 is 9.47 Å². The molecule has 1 saturated heterocycles. The van der Waals surface area contributed by atoms with Crippen LogP contribution >= 0.6 is 0 Å². The lowest BCUT2D eigenvalue weighted by molar-refractivity contribution is 0.141. The van der Waals surface area contributed by atoms with Crippen molar-refractivity contribution in [2.75, 3.05) is 19.0 Å². The quantitative estimate of drug-likeness (QED) is 0.650. The molecule has 158 valence electrons. The Kier molecular flexibility index (Phi) is 7.08. The number of aryl methyl sites for hydroxylation is 1. The van der Waals surface area contributed by atoms with Gasteiger partial charge in [0.25, 0.3) is 0 Å². The lowest BCUT2D eigenvalue weighted by Gasteiger charge is -2.30. The van der Waals surface area contributed by atoms with Crippen molar-refractivity contribution in [3.05, 3.63) is 29.8 Å². The molecular formula is C23H36O4S. The third-order valence-electron chi connectivity index (χ3n) is 6.31. The molecule has 1 saturated carbocycles. The van der Waals surface area contributed by atoms with Gasteiger partial charge in [-0.15, -0.1) is 0 Å². The topological polar surface area (TPSA) is 52.6 Å². The molecular weight excluding hydrogens is 372 g/mol. The van der Waals surface area contributed by atoms with E-state index in [1.165, 1.54) is 12.0 Å². The van der Waals surface area contributed by atoms with E-state index in [1.54, 1.807) is 0 Å². The van der Waals surface area contributed by atoms with Crippen molar-refractivity contribution in [2.24, 2.45) is 11.8 Å². The fourth-order valence-electron chi connectivity index (χ4n) is 4.15. The van der Waals surface area contributed by atoms with Crippen LogP contribution in [0.25, 0.3) is 0 Å². The van der Waals surface area contributed by atoms with E-state index in [1.807, 2.05) is 20.8 Å². The Morgan fingerprint density at radius 1 is 1.00 bits per heavy atom. The summed E-state index contributed by atoms with van der Waals surface area (Å²) in [5, 5.41) is 0. The molecule has 1 aliphatic carbocycles. The summed E-state index contributed by atoms with van der Waals surface area (Å²) in [6.07, 6.45) is 7.87. The van der Waals surface area contributed by atoms with Gasteiger partial charge >= 0.3 is 0 Å². The molecule has 1 atom stereocenters. The fourth-order valence-corrected chi connectivity index (χ4v) is 5.60. The Morgan fingerprint density at radius 2 is 1.64 bits per heavy atom. The lowest BCUT2D eigenvalue weighted by Crippen LogP contribution is -2.34. The molecule has 1 aromatic rings. The molecule has 2 aliphatic rings. The minimum Gasteiger partial charge on any atom is -0.488 e. The van der Waals surface area contributed by atoms with Gasteiger partial charge in [0.15, 0.2) is 9.84 Å². The first kappa shape index (κ1) is 21.6. The maximum absolute atomic E-state index is 12.4. The maximum atomic E-state index is 12.4. The lowest BCUT2D eigenvalue weighted by atomic mass is 9.80. The monoisotopic (exact) mass is 408 g/mol. The van der Waals surface area contributed by atoms with Crippen molar-refractivity contribution in [1.82, 2.24) is 0 Å². The Labute approximate surface area is 170 Å². The van der Waals surface area contributed by atoms with Crippen LogP contribution in [0.2, 0.25) is 0 Å². The second kappa shape index (κ2) is 9.17. The van der Waals surface area contributed by atoms with Crippen molar-refractivity contribution in [1.29, 1.82) is 0 Å². The Bertz CT molecular complexity index is 704. The van der Waals surface area contributed by atoms with Crippen molar-refractivity contribution >= 4 is 9.84 Å². The molecule has 1 heterocycles. The summed E-state index contributed by atoms with van der Waals surface area (Å²) in [5.74, 6) is 2.35. The van der Waals surface area contributed by atoms with Crippen LogP contribution in [0.15, 0.2) is 24.3 Å². The third kappa shape index (κ3) is 5.96. The number of rotatable bonds is 7. The van der Waals surface area contributed by atoms with Crippen LogP contribution < -0.4 is 4.74 Å². The van der Waals surface area contributed by atoms with Crippen LogP contribution in [-0.2, 0) is 21.0 Å². The molecule has 4 nitrogen and oxygen atoms in total. The second-order valence-electron chi connectivity index (χ2n) is 9.57. The first-order valence-electron chi connectivity index (χ1n) is 10.8. The molecule has 1 aromatic carbocycles. The first-order valence-corrected chi connectivity index (χ1v) is 12.4. The van der Waals surface area contributed by atoms with Crippen molar-refractivity contribution in [3.8, 4) is 5.75 Å². The second-order valence-corrected chi connectivity index (χ2v) is 12.4. The number of benzene rings is 1. The Morgan fingerprint density at radius 3 is 2.21 bits per heavy atom. The number of sulfone groups is 1. The van der Waals surface area contributed by atoms with Crippen LogP contribution in [0.5, 0.6) is 5.75 Å². The zero-order valence-electron chi connectivity index (χ0n) is 17.7. The summed E-state index contributed by atoms with van der Waals surface area (Å²) in [7, 11) is -3.00. The highest BCUT2D eigenvalue weighted by atomic mass is 32.2. The average molecular weight is 409 g/mol. The highest BCUT2D eigenvalue weighted by Gasteiger charge is 2.33. The van der Waals surface area contributed by atoms with Crippen LogP contribution in [0.4, 0.5) is 0 Å². The molecule has 0 aromatic heterocycles. The van der Waals surface area contributed by atoms with Gasteiger partial charge in [-0.2, -0.15) is 0 Å². The molecule has 0 radical (unpaired) electrons. The summed E-state index contributed by atoms with van der Waals surface area (Å²) in [6, 6.07) is 8.49. The summed E-state index contributed by atoms with van der Waals surface area (Å²) in [6.45, 7) is 6.93. The fraction of sp³-hybridized carbons (Fsp3) is 0.739. The van der Waals surface area contributed by atoms with Crippen LogP contribution in [0.1, 0.15) is 64.9 Å². The van der Waals surface area contributed by atoms with E-state index in [2.05, 4.69) is 24.3 Å². The third-order valence-corrected chi connectivity index (χ3v) is 9.09. The number of hydrogen-bond acceptors (Lipinski definition) is 4. The standard InChI is InChI=1S/C23H36O4S/c1-23(2,3)28(24,25)17-20-8-6-18(7-9-20)4-5-19-10-12-21(13-11-19)27-22-14-15-26-16-22/h10-13,18,20,22H,4-9,14-17H2,1-3H3. The van der Waals surface area contributed by atoms with Crippen molar-refractivity contribution in [3.63, 3.8) is 0 Å². The highest BCUT2D eigenvalue weighted by molar-refractivity contribution is 7.92. The number of hydrogen-bond donors (Lipinski definition) is 0. The molecule has 5 heteroatoms. The molecule has 2 fully saturated rings. The van der Waals surface area contributed by atoms with Gasteiger partial charge in [0.05, 0.1) is 23.7 Å². The minimum absolute atomic E-state index is 0.197. The molecule has 0 bridgehead atoms. The van der Waals surface area contributed by atoms with E-state index >= 15 is 0 Å². The van der Waals surface area contributed by atoms with Gasteiger partial charge in [0.2, 0.25) is 0 Å². The SMILES string of the molecule is CC(C)(C)S(=O)(=O)CC1CCC(CCc2ccc(OC3CCOC3)cc2)CC1. The predicted octanol–water partition coefficient (Wildman–Crippen LogP) is 4.81. The number of ether oxygens (including phenoxy) is 2. The van der Waals surface area contributed by atoms with Gasteiger partial charge in [-0.25, -0.2) is 8.42 Å². The van der Waals surface area contributed by atoms with E-state index in [0.29, 0.717) is 18.3 Å². The van der Waals surface area contributed by atoms with Crippen LogP contribution in [0, 0.1) is 11.8 Å². The molecule has 0 N–H and O–H groups in total. The summed E-state index contributed by atoms with van der Waals surface area (Å²) in [4.78, 5) is 0. The average Bonchev–Trinajstić information content (AvgIpc) is 3.14. The summed E-state index contributed by atoms with van der Waals surface area (Å²) >= 11 is 0. The molecule has 28 heavy (non-hydrogen) atoms. The highest BCUT2D eigenvalue weighted by Crippen LogP contribution is 2.34. The van der Waals surface area contributed by atoms with E-state index < -0.39 is 14.6 Å². The predicted molar refractivity (Wildman–Crippen MR) is 114 cm³/mol. The molecule has 1 aliphatic heterocycles. The van der Waals surface area contributed by atoms with E-state index in [-0.39, 0.29) is 6.10 Å². The Balaban J connectivity index is 1.39. The smallest absolute Gasteiger partial charge is 0.155 e. The molecule has 0 amide bonds. The van der Waals surface area contributed by atoms with Gasteiger partial charge in [-0.05, 0) is 76.0 Å². The zero-order chi connectivity index (χ0) is 20.2. The Hall–Kier alpha value is -1.07. The minimum atomic E-state index is -3.00. The maximum Gasteiger partial charge on any atom is 0.155 e. The van der Waals surface area contributed by atoms with Gasteiger partial charge in [-0.3, -0.25) is 0 Å².